The molecule has 1 aliphatic heterocycles. The Hall–Kier alpha value is -0.870. The van der Waals surface area contributed by atoms with Gasteiger partial charge in [-0.25, -0.2) is 0 Å². The Morgan fingerprint density at radius 2 is 2.00 bits per heavy atom. The first-order valence-corrected chi connectivity index (χ1v) is 8.69. The molecule has 1 heterocycles. The molecule has 0 radical (unpaired) electrons. The minimum atomic E-state index is 0.451. The zero-order valence-electron chi connectivity index (χ0n) is 12.1. The molecule has 1 aromatic rings. The number of ether oxygens (including phenoxy) is 2. The second-order valence-electron chi connectivity index (χ2n) is 5.64. The first-order valence-electron chi connectivity index (χ1n) is 7.46. The zero-order valence-corrected chi connectivity index (χ0v) is 12.9. The average molecular weight is 293 g/mol. The van der Waals surface area contributed by atoms with Crippen molar-refractivity contribution in [2.24, 2.45) is 0 Å². The Bertz CT molecular complexity index is 458. The molecule has 0 saturated heterocycles. The van der Waals surface area contributed by atoms with Crippen LogP contribution in [0.2, 0.25) is 0 Å². The van der Waals surface area contributed by atoms with E-state index in [-0.39, 0.29) is 0 Å². The molecule has 0 atom stereocenters. The average Bonchev–Trinajstić information content (AvgIpc) is 2.97. The van der Waals surface area contributed by atoms with E-state index in [1.165, 1.54) is 31.2 Å². The molecule has 4 heteroatoms. The number of rotatable bonds is 5. The smallest absolute Gasteiger partial charge is 0.165 e. The van der Waals surface area contributed by atoms with Crippen molar-refractivity contribution in [1.82, 2.24) is 5.32 Å². The van der Waals surface area contributed by atoms with Gasteiger partial charge in [0.25, 0.3) is 0 Å². The Balaban J connectivity index is 1.61. The van der Waals surface area contributed by atoms with Crippen LogP contribution in [0, 0.1) is 0 Å². The number of hydrogen-bond donors (Lipinski definition) is 1. The molecule has 1 fully saturated rings. The van der Waals surface area contributed by atoms with Crippen LogP contribution in [-0.2, 0) is 6.54 Å². The monoisotopic (exact) mass is 293 g/mol. The van der Waals surface area contributed by atoms with Gasteiger partial charge in [-0.15, -0.1) is 0 Å². The van der Waals surface area contributed by atoms with Crippen LogP contribution in [0.15, 0.2) is 18.2 Å². The van der Waals surface area contributed by atoms with Gasteiger partial charge in [-0.05, 0) is 25.2 Å². The number of benzene rings is 1. The van der Waals surface area contributed by atoms with Gasteiger partial charge < -0.3 is 14.8 Å². The van der Waals surface area contributed by atoms with Crippen molar-refractivity contribution >= 4 is 11.8 Å². The van der Waals surface area contributed by atoms with Gasteiger partial charge in [0.1, 0.15) is 13.2 Å². The summed E-state index contributed by atoms with van der Waals surface area (Å²) in [7, 11) is 0. The van der Waals surface area contributed by atoms with E-state index in [9.17, 15) is 0 Å². The third kappa shape index (κ3) is 2.91. The van der Waals surface area contributed by atoms with Crippen molar-refractivity contribution in [2.45, 2.75) is 37.0 Å². The summed E-state index contributed by atoms with van der Waals surface area (Å²) in [5.74, 6) is 1.81. The first-order chi connectivity index (χ1) is 9.83. The molecular weight excluding hydrogens is 270 g/mol. The normalized spacial score (nSPS) is 20.1. The van der Waals surface area contributed by atoms with Crippen molar-refractivity contribution in [3.63, 3.8) is 0 Å². The van der Waals surface area contributed by atoms with E-state index in [0.29, 0.717) is 18.0 Å². The molecule has 3 rings (SSSR count). The third-order valence-electron chi connectivity index (χ3n) is 4.36. The second kappa shape index (κ2) is 6.27. The van der Waals surface area contributed by atoms with Gasteiger partial charge in [-0.3, -0.25) is 0 Å². The Labute approximate surface area is 125 Å². The van der Waals surface area contributed by atoms with E-state index in [0.717, 1.165) is 24.6 Å². The lowest BCUT2D eigenvalue weighted by atomic mass is 10.1. The lowest BCUT2D eigenvalue weighted by Gasteiger charge is -2.27. The summed E-state index contributed by atoms with van der Waals surface area (Å²) in [6, 6.07) is 6.16. The van der Waals surface area contributed by atoms with E-state index in [4.69, 9.17) is 9.47 Å². The van der Waals surface area contributed by atoms with E-state index in [1.54, 1.807) is 0 Å². The number of nitrogens with one attached hydrogen (secondary N) is 1. The van der Waals surface area contributed by atoms with Crippen LogP contribution in [0.4, 0.5) is 0 Å². The molecule has 1 saturated carbocycles. The molecule has 0 unspecified atom stereocenters. The standard InChI is InChI=1S/C16H23NO2S/c1-20-16(7-2-3-8-16)12-17-11-13-5-4-6-14-15(13)19-10-9-18-14/h4-6,17H,2-3,7-12H2,1H3. The fourth-order valence-corrected chi connectivity index (χ4v) is 4.11. The molecule has 20 heavy (non-hydrogen) atoms. The molecule has 0 bridgehead atoms. The molecule has 0 spiro atoms. The van der Waals surface area contributed by atoms with Crippen LogP contribution in [0.5, 0.6) is 11.5 Å². The number of para-hydroxylation sites is 1. The SMILES string of the molecule is CSC1(CNCc2cccc3c2OCCO3)CCCC1. The van der Waals surface area contributed by atoms with Crippen molar-refractivity contribution in [1.29, 1.82) is 0 Å². The van der Waals surface area contributed by atoms with Crippen molar-refractivity contribution in [2.75, 3.05) is 26.0 Å². The second-order valence-corrected chi connectivity index (χ2v) is 6.91. The lowest BCUT2D eigenvalue weighted by molar-refractivity contribution is 0.169. The maximum absolute atomic E-state index is 5.76. The van der Waals surface area contributed by atoms with Gasteiger partial charge in [0, 0.05) is 23.4 Å². The van der Waals surface area contributed by atoms with Gasteiger partial charge in [0.15, 0.2) is 11.5 Å². The van der Waals surface area contributed by atoms with E-state index < -0.39 is 0 Å². The summed E-state index contributed by atoms with van der Waals surface area (Å²) in [6.45, 7) is 3.24. The summed E-state index contributed by atoms with van der Waals surface area (Å²) < 4.78 is 11.8. The summed E-state index contributed by atoms with van der Waals surface area (Å²) in [5.41, 5.74) is 1.21. The number of hydrogen-bond acceptors (Lipinski definition) is 4. The predicted molar refractivity (Wildman–Crippen MR) is 83.9 cm³/mol. The Kier molecular flexibility index (Phi) is 4.41. The largest absolute Gasteiger partial charge is 0.486 e. The van der Waals surface area contributed by atoms with Crippen molar-refractivity contribution in [3.8, 4) is 11.5 Å². The zero-order chi connectivity index (χ0) is 13.8. The fraction of sp³-hybridized carbons (Fsp3) is 0.625. The summed E-state index contributed by atoms with van der Waals surface area (Å²) in [4.78, 5) is 0. The predicted octanol–water partition coefficient (Wildman–Crippen LogP) is 3.22. The molecule has 2 aliphatic rings. The molecule has 3 nitrogen and oxygen atoms in total. The maximum Gasteiger partial charge on any atom is 0.165 e. The fourth-order valence-electron chi connectivity index (χ4n) is 3.17. The van der Waals surface area contributed by atoms with Crippen molar-refractivity contribution < 1.29 is 9.47 Å². The highest BCUT2D eigenvalue weighted by atomic mass is 32.2. The van der Waals surface area contributed by atoms with Crippen LogP contribution in [0.3, 0.4) is 0 Å². The quantitative estimate of drug-likeness (QED) is 0.903. The van der Waals surface area contributed by atoms with Gasteiger partial charge in [0.2, 0.25) is 0 Å². The van der Waals surface area contributed by atoms with Crippen molar-refractivity contribution in [3.05, 3.63) is 23.8 Å². The topological polar surface area (TPSA) is 30.5 Å². The molecule has 0 aromatic heterocycles. The highest BCUT2D eigenvalue weighted by molar-refractivity contribution is 8.00. The molecule has 1 aliphatic carbocycles. The van der Waals surface area contributed by atoms with E-state index in [2.05, 4.69) is 17.6 Å². The van der Waals surface area contributed by atoms with Crippen LogP contribution in [-0.4, -0.2) is 30.8 Å². The highest BCUT2D eigenvalue weighted by Crippen LogP contribution is 2.40. The van der Waals surface area contributed by atoms with Gasteiger partial charge in [-0.1, -0.05) is 25.0 Å². The summed E-state index contributed by atoms with van der Waals surface area (Å²) in [5, 5.41) is 3.63. The Morgan fingerprint density at radius 1 is 1.20 bits per heavy atom. The molecular formula is C16H23NO2S. The van der Waals surface area contributed by atoms with E-state index >= 15 is 0 Å². The van der Waals surface area contributed by atoms with Gasteiger partial charge in [-0.2, -0.15) is 11.8 Å². The van der Waals surface area contributed by atoms with Crippen LogP contribution in [0.1, 0.15) is 31.2 Å². The minimum Gasteiger partial charge on any atom is -0.486 e. The number of fused-ring (bicyclic) bond motifs is 1. The molecule has 110 valence electrons. The summed E-state index contributed by atoms with van der Waals surface area (Å²) in [6.07, 6.45) is 7.68. The van der Waals surface area contributed by atoms with Gasteiger partial charge in [0.05, 0.1) is 0 Å². The van der Waals surface area contributed by atoms with E-state index in [1.807, 2.05) is 23.9 Å². The molecule has 1 aromatic carbocycles. The first kappa shape index (κ1) is 14.1. The Morgan fingerprint density at radius 3 is 2.80 bits per heavy atom. The highest BCUT2D eigenvalue weighted by Gasteiger charge is 2.32. The molecule has 1 N–H and O–H groups in total. The van der Waals surface area contributed by atoms with Crippen LogP contribution >= 0.6 is 11.8 Å². The van der Waals surface area contributed by atoms with Crippen LogP contribution in [0.25, 0.3) is 0 Å². The third-order valence-corrected chi connectivity index (χ3v) is 5.78. The minimum absolute atomic E-state index is 0.451. The summed E-state index contributed by atoms with van der Waals surface area (Å²) >= 11 is 2.03. The molecule has 0 amide bonds. The van der Waals surface area contributed by atoms with Crippen LogP contribution < -0.4 is 14.8 Å². The maximum atomic E-state index is 5.76. The lowest BCUT2D eigenvalue weighted by Crippen LogP contribution is -2.34. The number of thioether (sulfide) groups is 1. The van der Waals surface area contributed by atoms with Gasteiger partial charge >= 0.3 is 0 Å².